The Hall–Kier alpha value is -1.54. The highest BCUT2D eigenvalue weighted by Gasteiger charge is 2.13. The van der Waals surface area contributed by atoms with Crippen LogP contribution in [0, 0.1) is 5.92 Å². The molecule has 0 amide bonds. The number of fused-ring (bicyclic) bond motifs is 2. The van der Waals surface area contributed by atoms with E-state index in [1.54, 1.807) is 0 Å². The molecule has 3 aromatic carbocycles. The Labute approximate surface area is 134 Å². The fourth-order valence-corrected chi connectivity index (χ4v) is 3.23. The molecule has 21 heavy (non-hydrogen) atoms. The van der Waals surface area contributed by atoms with E-state index < -0.39 is 0 Å². The monoisotopic (exact) mass is 342 g/mol. The van der Waals surface area contributed by atoms with Gasteiger partial charge in [0.05, 0.1) is 6.61 Å². The van der Waals surface area contributed by atoms with E-state index in [1.807, 2.05) is 0 Å². The van der Waals surface area contributed by atoms with Gasteiger partial charge in [-0.15, -0.1) is 0 Å². The standard InChI is InChI=1S/C19H19BrO/c1-3-13(2)12-21-19-16-10-6-4-8-14(16)18(20)15-9-5-7-11-17(15)19/h4-11,13H,3,12H2,1-2H3. The molecule has 3 rings (SSSR count). The summed E-state index contributed by atoms with van der Waals surface area (Å²) >= 11 is 3.75. The van der Waals surface area contributed by atoms with E-state index in [0.717, 1.165) is 23.2 Å². The number of rotatable bonds is 4. The zero-order valence-electron chi connectivity index (χ0n) is 12.4. The molecule has 0 radical (unpaired) electrons. The summed E-state index contributed by atoms with van der Waals surface area (Å²) in [4.78, 5) is 0. The maximum Gasteiger partial charge on any atom is 0.135 e. The van der Waals surface area contributed by atoms with Gasteiger partial charge in [-0.3, -0.25) is 0 Å². The van der Waals surface area contributed by atoms with Crippen LogP contribution in [0.5, 0.6) is 5.75 Å². The summed E-state index contributed by atoms with van der Waals surface area (Å²) in [6, 6.07) is 16.8. The molecule has 0 aliphatic rings. The summed E-state index contributed by atoms with van der Waals surface area (Å²) in [5.74, 6) is 1.57. The number of hydrogen-bond donors (Lipinski definition) is 0. The zero-order valence-corrected chi connectivity index (χ0v) is 14.0. The highest BCUT2D eigenvalue weighted by molar-refractivity contribution is 9.10. The second-order valence-electron chi connectivity index (χ2n) is 5.56. The summed E-state index contributed by atoms with van der Waals surface area (Å²) < 4.78 is 7.36. The third kappa shape index (κ3) is 2.65. The molecule has 0 saturated carbocycles. The minimum atomic E-state index is 0.561. The van der Waals surface area contributed by atoms with E-state index in [9.17, 15) is 0 Å². The van der Waals surface area contributed by atoms with Gasteiger partial charge in [0.2, 0.25) is 0 Å². The predicted octanol–water partition coefficient (Wildman–Crippen LogP) is 6.18. The van der Waals surface area contributed by atoms with Crippen LogP contribution in [0.25, 0.3) is 21.5 Å². The topological polar surface area (TPSA) is 9.23 Å². The maximum atomic E-state index is 6.22. The molecule has 0 aromatic heterocycles. The Morgan fingerprint density at radius 3 is 1.86 bits per heavy atom. The van der Waals surface area contributed by atoms with Crippen LogP contribution in [0.15, 0.2) is 53.0 Å². The molecule has 0 saturated heterocycles. The van der Waals surface area contributed by atoms with Crippen LogP contribution in [0.3, 0.4) is 0 Å². The number of halogens is 1. The minimum Gasteiger partial charge on any atom is -0.492 e. The van der Waals surface area contributed by atoms with Gasteiger partial charge >= 0.3 is 0 Å². The lowest BCUT2D eigenvalue weighted by Gasteiger charge is -2.17. The molecule has 0 fully saturated rings. The second kappa shape index (κ2) is 6.07. The maximum absolute atomic E-state index is 6.22. The molecule has 1 unspecified atom stereocenters. The molecule has 1 nitrogen and oxygen atoms in total. The highest BCUT2D eigenvalue weighted by atomic mass is 79.9. The SMILES string of the molecule is CCC(C)COc1c2ccccc2c(Br)c2ccccc12. The van der Waals surface area contributed by atoms with Gasteiger partial charge in [-0.25, -0.2) is 0 Å². The zero-order chi connectivity index (χ0) is 14.8. The third-order valence-corrected chi connectivity index (χ3v) is 4.88. The van der Waals surface area contributed by atoms with E-state index in [0.29, 0.717) is 5.92 Å². The smallest absolute Gasteiger partial charge is 0.135 e. The van der Waals surface area contributed by atoms with E-state index in [-0.39, 0.29) is 0 Å². The van der Waals surface area contributed by atoms with E-state index in [4.69, 9.17) is 4.74 Å². The van der Waals surface area contributed by atoms with E-state index in [1.165, 1.54) is 21.5 Å². The summed E-state index contributed by atoms with van der Waals surface area (Å²) in [6.45, 7) is 5.18. The highest BCUT2D eigenvalue weighted by Crippen LogP contribution is 2.40. The molecular formula is C19H19BrO. The molecular weight excluding hydrogens is 324 g/mol. The first-order valence-corrected chi connectivity index (χ1v) is 8.23. The average Bonchev–Trinajstić information content (AvgIpc) is 2.54. The van der Waals surface area contributed by atoms with Crippen molar-refractivity contribution in [2.75, 3.05) is 6.61 Å². The van der Waals surface area contributed by atoms with E-state index in [2.05, 4.69) is 78.3 Å². The molecule has 2 heteroatoms. The van der Waals surface area contributed by atoms with Gasteiger partial charge in [0.15, 0.2) is 0 Å². The molecule has 1 atom stereocenters. The van der Waals surface area contributed by atoms with Gasteiger partial charge in [0.25, 0.3) is 0 Å². The molecule has 0 aliphatic heterocycles. The van der Waals surface area contributed by atoms with Gasteiger partial charge < -0.3 is 4.74 Å². The van der Waals surface area contributed by atoms with Crippen LogP contribution in [-0.2, 0) is 0 Å². The molecule has 3 aromatic rings. The number of benzene rings is 3. The fourth-order valence-electron chi connectivity index (χ4n) is 2.53. The largest absolute Gasteiger partial charge is 0.492 e. The van der Waals surface area contributed by atoms with Crippen molar-refractivity contribution in [3.05, 3.63) is 53.0 Å². The first-order valence-electron chi connectivity index (χ1n) is 7.44. The summed E-state index contributed by atoms with van der Waals surface area (Å²) in [5.41, 5.74) is 0. The van der Waals surface area contributed by atoms with Gasteiger partial charge in [-0.2, -0.15) is 0 Å². The Balaban J connectivity index is 2.24. The van der Waals surface area contributed by atoms with Crippen LogP contribution in [0.4, 0.5) is 0 Å². The second-order valence-corrected chi connectivity index (χ2v) is 6.35. The lowest BCUT2D eigenvalue weighted by molar-refractivity contribution is 0.262. The molecule has 0 spiro atoms. The summed E-state index contributed by atoms with van der Waals surface area (Å²) in [6.07, 6.45) is 1.13. The van der Waals surface area contributed by atoms with Crippen molar-refractivity contribution in [3.63, 3.8) is 0 Å². The molecule has 0 heterocycles. The predicted molar refractivity (Wildman–Crippen MR) is 94.1 cm³/mol. The van der Waals surface area contributed by atoms with Crippen LogP contribution < -0.4 is 4.74 Å². The van der Waals surface area contributed by atoms with Crippen molar-refractivity contribution in [1.29, 1.82) is 0 Å². The van der Waals surface area contributed by atoms with Crippen LogP contribution in [0.2, 0.25) is 0 Å². The molecule has 0 aliphatic carbocycles. The van der Waals surface area contributed by atoms with Crippen molar-refractivity contribution < 1.29 is 4.74 Å². The Bertz CT molecular complexity index is 722. The lowest BCUT2D eigenvalue weighted by Crippen LogP contribution is -2.07. The van der Waals surface area contributed by atoms with Gasteiger partial charge in [0.1, 0.15) is 5.75 Å². The first kappa shape index (κ1) is 14.4. The van der Waals surface area contributed by atoms with Crippen molar-refractivity contribution in [3.8, 4) is 5.75 Å². The van der Waals surface area contributed by atoms with Crippen molar-refractivity contribution in [2.24, 2.45) is 5.92 Å². The normalized spacial score (nSPS) is 12.7. The molecule has 0 bridgehead atoms. The Kier molecular flexibility index (Phi) is 4.16. The van der Waals surface area contributed by atoms with E-state index >= 15 is 0 Å². The quantitative estimate of drug-likeness (QED) is 0.514. The number of ether oxygens (including phenoxy) is 1. The van der Waals surface area contributed by atoms with Crippen molar-refractivity contribution in [2.45, 2.75) is 20.3 Å². The third-order valence-electron chi connectivity index (χ3n) is 4.03. The lowest BCUT2D eigenvalue weighted by atomic mass is 10.0. The number of hydrogen-bond acceptors (Lipinski definition) is 1. The fraction of sp³-hybridized carbons (Fsp3) is 0.263. The Morgan fingerprint density at radius 2 is 1.38 bits per heavy atom. The summed E-state index contributed by atoms with van der Waals surface area (Å²) in [7, 11) is 0. The van der Waals surface area contributed by atoms with Crippen molar-refractivity contribution in [1.82, 2.24) is 0 Å². The van der Waals surface area contributed by atoms with Crippen LogP contribution >= 0.6 is 15.9 Å². The van der Waals surface area contributed by atoms with Crippen molar-refractivity contribution >= 4 is 37.5 Å². The van der Waals surface area contributed by atoms with Crippen LogP contribution in [0.1, 0.15) is 20.3 Å². The minimum absolute atomic E-state index is 0.561. The molecule has 0 N–H and O–H groups in total. The molecule has 108 valence electrons. The van der Waals surface area contributed by atoms with Gasteiger partial charge in [0, 0.05) is 26.0 Å². The van der Waals surface area contributed by atoms with Gasteiger partial charge in [-0.1, -0.05) is 68.8 Å². The average molecular weight is 343 g/mol. The Morgan fingerprint density at radius 1 is 0.905 bits per heavy atom. The summed E-state index contributed by atoms with van der Waals surface area (Å²) in [5, 5.41) is 4.75. The first-order chi connectivity index (χ1) is 10.2. The van der Waals surface area contributed by atoms with Crippen LogP contribution in [-0.4, -0.2) is 6.61 Å². The van der Waals surface area contributed by atoms with Gasteiger partial charge in [-0.05, 0) is 21.8 Å².